The Morgan fingerprint density at radius 2 is 2.12 bits per heavy atom. The molecule has 0 aliphatic heterocycles. The van der Waals surface area contributed by atoms with Crippen molar-refractivity contribution in [2.45, 2.75) is 20.4 Å². The molecule has 0 spiro atoms. The summed E-state index contributed by atoms with van der Waals surface area (Å²) in [6.07, 6.45) is 6.84. The molecule has 17 heavy (non-hydrogen) atoms. The minimum Gasteiger partial charge on any atom is -0.339 e. The Labute approximate surface area is 101 Å². The van der Waals surface area contributed by atoms with Crippen molar-refractivity contribution in [1.82, 2.24) is 25.3 Å². The van der Waals surface area contributed by atoms with Gasteiger partial charge in [0, 0.05) is 24.6 Å². The third-order valence-electron chi connectivity index (χ3n) is 2.30. The van der Waals surface area contributed by atoms with E-state index in [0.717, 1.165) is 30.3 Å². The Morgan fingerprint density at radius 3 is 2.82 bits per heavy atom. The molecule has 0 bridgehead atoms. The molecule has 5 heteroatoms. The average molecular weight is 231 g/mol. The van der Waals surface area contributed by atoms with Crippen LogP contribution in [0.15, 0.2) is 24.8 Å². The largest absolute Gasteiger partial charge is 0.339 e. The van der Waals surface area contributed by atoms with Crippen molar-refractivity contribution in [3.05, 3.63) is 30.5 Å². The van der Waals surface area contributed by atoms with Crippen LogP contribution in [0.3, 0.4) is 0 Å². The van der Waals surface area contributed by atoms with Gasteiger partial charge in [-0.25, -0.2) is 9.97 Å². The molecule has 2 aromatic heterocycles. The van der Waals surface area contributed by atoms with E-state index in [-0.39, 0.29) is 0 Å². The van der Waals surface area contributed by atoms with Crippen LogP contribution < -0.4 is 5.32 Å². The molecule has 0 fully saturated rings. The molecule has 0 aliphatic carbocycles. The van der Waals surface area contributed by atoms with E-state index >= 15 is 0 Å². The number of hydrogen-bond acceptors (Lipinski definition) is 4. The van der Waals surface area contributed by atoms with Crippen molar-refractivity contribution in [2.75, 3.05) is 6.54 Å². The molecule has 0 unspecified atom stereocenters. The molecule has 0 atom stereocenters. The Kier molecular flexibility index (Phi) is 3.82. The topological polar surface area (TPSA) is 66.5 Å². The highest BCUT2D eigenvalue weighted by Crippen LogP contribution is 2.10. The Hall–Kier alpha value is -1.75. The number of rotatable bonds is 5. The van der Waals surface area contributed by atoms with E-state index < -0.39 is 0 Å². The van der Waals surface area contributed by atoms with Crippen molar-refractivity contribution in [3.8, 4) is 11.5 Å². The SMILES string of the molecule is CC(C)CNCc1cnc(-c2cnccn2)[nH]1. The number of H-pyrrole nitrogens is 1. The zero-order chi connectivity index (χ0) is 12.1. The quantitative estimate of drug-likeness (QED) is 0.820. The van der Waals surface area contributed by atoms with E-state index in [9.17, 15) is 0 Å². The van der Waals surface area contributed by atoms with Crippen molar-refractivity contribution in [2.24, 2.45) is 5.92 Å². The highest BCUT2D eigenvalue weighted by Gasteiger charge is 2.04. The van der Waals surface area contributed by atoms with Gasteiger partial charge in [-0.2, -0.15) is 0 Å². The van der Waals surface area contributed by atoms with E-state index in [2.05, 4.69) is 39.1 Å². The van der Waals surface area contributed by atoms with Gasteiger partial charge in [0.15, 0.2) is 5.82 Å². The first-order valence-electron chi connectivity index (χ1n) is 5.76. The van der Waals surface area contributed by atoms with Gasteiger partial charge in [0.25, 0.3) is 0 Å². The molecule has 0 aliphatic rings. The van der Waals surface area contributed by atoms with Crippen LogP contribution in [0, 0.1) is 5.92 Å². The zero-order valence-electron chi connectivity index (χ0n) is 10.1. The number of nitrogens with one attached hydrogen (secondary N) is 2. The molecule has 0 saturated heterocycles. The van der Waals surface area contributed by atoms with Gasteiger partial charge >= 0.3 is 0 Å². The van der Waals surface area contributed by atoms with Gasteiger partial charge in [-0.1, -0.05) is 13.8 Å². The number of imidazole rings is 1. The molecular formula is C12H17N5. The smallest absolute Gasteiger partial charge is 0.157 e. The van der Waals surface area contributed by atoms with Crippen LogP contribution in [0.1, 0.15) is 19.5 Å². The maximum Gasteiger partial charge on any atom is 0.157 e. The molecule has 0 radical (unpaired) electrons. The molecule has 2 rings (SSSR count). The van der Waals surface area contributed by atoms with Gasteiger partial charge in [0.1, 0.15) is 5.69 Å². The standard InChI is InChI=1S/C12H17N5/c1-9(2)5-14-6-10-7-16-12(17-10)11-8-13-3-4-15-11/h3-4,7-9,14H,5-6H2,1-2H3,(H,16,17). The van der Waals surface area contributed by atoms with Gasteiger partial charge in [0.2, 0.25) is 0 Å². The van der Waals surface area contributed by atoms with Crippen LogP contribution >= 0.6 is 0 Å². The lowest BCUT2D eigenvalue weighted by Crippen LogP contribution is -2.19. The van der Waals surface area contributed by atoms with Gasteiger partial charge in [-0.15, -0.1) is 0 Å². The minimum atomic E-state index is 0.650. The highest BCUT2D eigenvalue weighted by atomic mass is 15.0. The average Bonchev–Trinajstić information content (AvgIpc) is 2.78. The first-order chi connectivity index (χ1) is 8.25. The predicted octanol–water partition coefficient (Wildman–Crippen LogP) is 1.61. The molecular weight excluding hydrogens is 214 g/mol. The third-order valence-corrected chi connectivity index (χ3v) is 2.30. The van der Waals surface area contributed by atoms with E-state index in [1.807, 2.05) is 6.20 Å². The lowest BCUT2D eigenvalue weighted by Gasteiger charge is -2.05. The van der Waals surface area contributed by atoms with Crippen molar-refractivity contribution < 1.29 is 0 Å². The Balaban J connectivity index is 1.97. The molecule has 2 N–H and O–H groups in total. The summed E-state index contributed by atoms with van der Waals surface area (Å²) in [5, 5.41) is 3.36. The van der Waals surface area contributed by atoms with Crippen LogP contribution in [0.5, 0.6) is 0 Å². The van der Waals surface area contributed by atoms with Crippen molar-refractivity contribution in [1.29, 1.82) is 0 Å². The van der Waals surface area contributed by atoms with Crippen molar-refractivity contribution >= 4 is 0 Å². The predicted molar refractivity (Wildman–Crippen MR) is 66.2 cm³/mol. The molecule has 0 amide bonds. The fourth-order valence-electron chi connectivity index (χ4n) is 1.50. The lowest BCUT2D eigenvalue weighted by molar-refractivity contribution is 0.549. The van der Waals surface area contributed by atoms with E-state index in [4.69, 9.17) is 0 Å². The summed E-state index contributed by atoms with van der Waals surface area (Å²) < 4.78 is 0. The summed E-state index contributed by atoms with van der Waals surface area (Å²) in [7, 11) is 0. The summed E-state index contributed by atoms with van der Waals surface area (Å²) >= 11 is 0. The Morgan fingerprint density at radius 1 is 1.24 bits per heavy atom. The summed E-state index contributed by atoms with van der Waals surface area (Å²) in [4.78, 5) is 15.7. The van der Waals surface area contributed by atoms with Gasteiger partial charge in [-0.3, -0.25) is 4.98 Å². The Bertz CT molecular complexity index is 449. The number of aromatic nitrogens is 4. The fourth-order valence-corrected chi connectivity index (χ4v) is 1.50. The second kappa shape index (κ2) is 5.54. The first-order valence-corrected chi connectivity index (χ1v) is 5.76. The van der Waals surface area contributed by atoms with Crippen LogP contribution in [0.25, 0.3) is 11.5 Å². The normalized spacial score (nSPS) is 11.0. The van der Waals surface area contributed by atoms with E-state index in [1.54, 1.807) is 18.6 Å². The second-order valence-corrected chi connectivity index (χ2v) is 4.37. The van der Waals surface area contributed by atoms with E-state index in [1.165, 1.54) is 0 Å². The lowest BCUT2D eigenvalue weighted by atomic mass is 10.2. The summed E-state index contributed by atoms with van der Waals surface area (Å²) in [5.41, 5.74) is 1.83. The summed E-state index contributed by atoms with van der Waals surface area (Å²) in [6, 6.07) is 0. The van der Waals surface area contributed by atoms with Crippen molar-refractivity contribution in [3.63, 3.8) is 0 Å². The maximum atomic E-state index is 4.29. The monoisotopic (exact) mass is 231 g/mol. The molecule has 0 aromatic carbocycles. The van der Waals surface area contributed by atoms with E-state index in [0.29, 0.717) is 5.92 Å². The molecule has 2 aromatic rings. The molecule has 0 saturated carbocycles. The van der Waals surface area contributed by atoms with Crippen LogP contribution in [0.2, 0.25) is 0 Å². The van der Waals surface area contributed by atoms with Crippen LogP contribution in [-0.4, -0.2) is 26.5 Å². The summed E-state index contributed by atoms with van der Waals surface area (Å²) in [5.74, 6) is 1.41. The second-order valence-electron chi connectivity index (χ2n) is 4.37. The molecule has 5 nitrogen and oxygen atoms in total. The van der Waals surface area contributed by atoms with Crippen LogP contribution in [0.4, 0.5) is 0 Å². The first kappa shape index (κ1) is 11.7. The van der Waals surface area contributed by atoms with Gasteiger partial charge in [0.05, 0.1) is 12.4 Å². The summed E-state index contributed by atoms with van der Waals surface area (Å²) in [6.45, 7) is 6.17. The fraction of sp³-hybridized carbons (Fsp3) is 0.417. The molecule has 2 heterocycles. The highest BCUT2D eigenvalue weighted by molar-refractivity contribution is 5.47. The van der Waals surface area contributed by atoms with Gasteiger partial charge < -0.3 is 10.3 Å². The number of aromatic amines is 1. The maximum absolute atomic E-state index is 4.29. The molecule has 90 valence electrons. The minimum absolute atomic E-state index is 0.650. The number of hydrogen-bond donors (Lipinski definition) is 2. The zero-order valence-corrected chi connectivity index (χ0v) is 10.1. The number of nitrogens with zero attached hydrogens (tertiary/aromatic N) is 3. The van der Waals surface area contributed by atoms with Crippen LogP contribution in [-0.2, 0) is 6.54 Å². The third kappa shape index (κ3) is 3.35. The van der Waals surface area contributed by atoms with Gasteiger partial charge in [-0.05, 0) is 12.5 Å².